The van der Waals surface area contributed by atoms with Crippen LogP contribution in [0.25, 0.3) is 0 Å². The van der Waals surface area contributed by atoms with Crippen LogP contribution in [-0.4, -0.2) is 21.8 Å². The molecule has 0 spiro atoms. The SMILES string of the molecule is CCCCO[Si](C)(OCCCC)c1ccc(I)c(I)c1. The van der Waals surface area contributed by atoms with Crippen LogP contribution < -0.4 is 5.19 Å². The Labute approximate surface area is 151 Å². The van der Waals surface area contributed by atoms with Gasteiger partial charge in [0.1, 0.15) is 0 Å². The Morgan fingerprint density at radius 1 is 0.950 bits per heavy atom. The molecule has 114 valence electrons. The van der Waals surface area contributed by atoms with Crippen LogP contribution in [0.4, 0.5) is 0 Å². The van der Waals surface area contributed by atoms with Crippen molar-refractivity contribution in [3.05, 3.63) is 25.3 Å². The molecule has 0 saturated carbocycles. The minimum Gasteiger partial charge on any atom is -0.391 e. The van der Waals surface area contributed by atoms with E-state index in [1.165, 1.54) is 12.3 Å². The molecule has 0 unspecified atom stereocenters. The number of hydrogen-bond acceptors (Lipinski definition) is 2. The molecule has 0 bridgehead atoms. The van der Waals surface area contributed by atoms with Gasteiger partial charge in [-0.05, 0) is 81.9 Å². The van der Waals surface area contributed by atoms with Gasteiger partial charge >= 0.3 is 8.56 Å². The third-order valence-electron chi connectivity index (χ3n) is 3.19. The molecule has 2 nitrogen and oxygen atoms in total. The normalized spacial score (nSPS) is 11.8. The average Bonchev–Trinajstić information content (AvgIpc) is 2.42. The van der Waals surface area contributed by atoms with E-state index in [4.69, 9.17) is 8.85 Å². The molecular weight excluding hydrogens is 494 g/mol. The lowest BCUT2D eigenvalue weighted by Gasteiger charge is -2.28. The second kappa shape index (κ2) is 9.76. The van der Waals surface area contributed by atoms with Crippen LogP contribution in [0.2, 0.25) is 6.55 Å². The van der Waals surface area contributed by atoms with Crippen LogP contribution >= 0.6 is 45.2 Å². The lowest BCUT2D eigenvalue weighted by molar-refractivity contribution is 0.181. The van der Waals surface area contributed by atoms with Gasteiger partial charge in [-0.1, -0.05) is 32.8 Å². The average molecular weight is 518 g/mol. The van der Waals surface area contributed by atoms with Gasteiger partial charge in [0.15, 0.2) is 0 Å². The van der Waals surface area contributed by atoms with Gasteiger partial charge in [-0.15, -0.1) is 0 Å². The van der Waals surface area contributed by atoms with Gasteiger partial charge in [0, 0.05) is 20.4 Å². The molecule has 0 N–H and O–H groups in total. The summed E-state index contributed by atoms with van der Waals surface area (Å²) in [5, 5.41) is 1.24. The molecule has 0 atom stereocenters. The van der Waals surface area contributed by atoms with Crippen molar-refractivity contribution in [1.29, 1.82) is 0 Å². The molecule has 0 aliphatic rings. The van der Waals surface area contributed by atoms with Crippen molar-refractivity contribution >= 4 is 58.9 Å². The molecule has 0 radical (unpaired) electrons. The summed E-state index contributed by atoms with van der Waals surface area (Å²) < 4.78 is 15.0. The Balaban J connectivity index is 2.86. The van der Waals surface area contributed by atoms with Crippen LogP contribution in [0.3, 0.4) is 0 Å². The molecule has 20 heavy (non-hydrogen) atoms. The fourth-order valence-corrected chi connectivity index (χ4v) is 5.23. The van der Waals surface area contributed by atoms with Gasteiger partial charge in [-0.2, -0.15) is 0 Å². The molecule has 0 amide bonds. The quantitative estimate of drug-likeness (QED) is 0.266. The second-order valence-corrected chi connectivity index (χ2v) is 10.3. The van der Waals surface area contributed by atoms with Crippen molar-refractivity contribution in [3.8, 4) is 0 Å². The summed E-state index contributed by atoms with van der Waals surface area (Å²) in [4.78, 5) is 0. The van der Waals surface area contributed by atoms with E-state index >= 15 is 0 Å². The summed E-state index contributed by atoms with van der Waals surface area (Å²) in [5.41, 5.74) is 0. The van der Waals surface area contributed by atoms with Crippen LogP contribution in [0.5, 0.6) is 0 Å². The maximum Gasteiger partial charge on any atom is 0.369 e. The molecule has 1 aromatic rings. The van der Waals surface area contributed by atoms with Gasteiger partial charge in [-0.25, -0.2) is 0 Å². The highest BCUT2D eigenvalue weighted by atomic mass is 127. The fourth-order valence-electron chi connectivity index (χ4n) is 1.81. The van der Waals surface area contributed by atoms with Gasteiger partial charge in [0.05, 0.1) is 0 Å². The van der Waals surface area contributed by atoms with Crippen molar-refractivity contribution in [1.82, 2.24) is 0 Å². The predicted octanol–water partition coefficient (Wildman–Crippen LogP) is 4.81. The first-order valence-corrected chi connectivity index (χ1v) is 11.7. The first-order chi connectivity index (χ1) is 9.53. The molecule has 1 aromatic carbocycles. The van der Waals surface area contributed by atoms with E-state index in [0.29, 0.717) is 0 Å². The van der Waals surface area contributed by atoms with Crippen LogP contribution in [-0.2, 0) is 8.85 Å². The van der Waals surface area contributed by atoms with E-state index in [2.05, 4.69) is 83.8 Å². The van der Waals surface area contributed by atoms with Gasteiger partial charge in [-0.3, -0.25) is 0 Å². The fraction of sp³-hybridized carbons (Fsp3) is 0.600. The number of halogens is 2. The summed E-state index contributed by atoms with van der Waals surface area (Å²) in [5.74, 6) is 0. The van der Waals surface area contributed by atoms with Crippen molar-refractivity contribution in [3.63, 3.8) is 0 Å². The highest BCUT2D eigenvalue weighted by Crippen LogP contribution is 2.17. The smallest absolute Gasteiger partial charge is 0.369 e. The molecule has 5 heteroatoms. The summed E-state index contributed by atoms with van der Waals surface area (Å²) in [6.45, 7) is 8.15. The van der Waals surface area contributed by atoms with Crippen LogP contribution in [0.15, 0.2) is 18.2 Å². The summed E-state index contributed by atoms with van der Waals surface area (Å²) in [6, 6.07) is 6.57. The maximum atomic E-state index is 6.21. The molecule has 0 aliphatic carbocycles. The summed E-state index contributed by atoms with van der Waals surface area (Å²) >= 11 is 4.75. The molecule has 0 aliphatic heterocycles. The number of hydrogen-bond donors (Lipinski definition) is 0. The highest BCUT2D eigenvalue weighted by molar-refractivity contribution is 14.1. The lowest BCUT2D eigenvalue weighted by Crippen LogP contribution is -2.51. The van der Waals surface area contributed by atoms with Gasteiger partial charge < -0.3 is 8.85 Å². The van der Waals surface area contributed by atoms with Gasteiger partial charge in [0.2, 0.25) is 0 Å². The highest BCUT2D eigenvalue weighted by Gasteiger charge is 2.34. The second-order valence-electron chi connectivity index (χ2n) is 4.98. The molecule has 0 aromatic heterocycles. The van der Waals surface area contributed by atoms with E-state index < -0.39 is 8.56 Å². The summed E-state index contributed by atoms with van der Waals surface area (Å²) in [7, 11) is -2.26. The third kappa shape index (κ3) is 5.90. The lowest BCUT2D eigenvalue weighted by atomic mass is 10.4. The van der Waals surface area contributed by atoms with Crippen molar-refractivity contribution < 1.29 is 8.85 Å². The number of benzene rings is 1. The minimum absolute atomic E-state index is 0.800. The standard InChI is InChI=1S/C15H24I2O2Si/c1-4-6-10-18-20(3,19-11-7-5-2)13-8-9-14(16)15(17)12-13/h8-9,12H,4-7,10-11H2,1-3H3. The minimum atomic E-state index is -2.26. The number of rotatable bonds is 9. The van der Waals surface area contributed by atoms with E-state index in [1.807, 2.05) is 0 Å². The Kier molecular flexibility index (Phi) is 9.20. The van der Waals surface area contributed by atoms with Crippen LogP contribution in [0, 0.1) is 7.14 Å². The molecule has 0 fully saturated rings. The zero-order valence-corrected chi connectivity index (χ0v) is 17.9. The topological polar surface area (TPSA) is 18.5 Å². The van der Waals surface area contributed by atoms with E-state index in [9.17, 15) is 0 Å². The van der Waals surface area contributed by atoms with E-state index in [1.54, 1.807) is 0 Å². The zero-order chi connectivity index (χ0) is 15.0. The summed E-state index contributed by atoms with van der Waals surface area (Å²) in [6.07, 6.45) is 4.51. The largest absolute Gasteiger partial charge is 0.391 e. The van der Waals surface area contributed by atoms with Crippen molar-refractivity contribution in [2.45, 2.75) is 46.1 Å². The van der Waals surface area contributed by atoms with E-state index in [0.717, 1.165) is 38.9 Å². The van der Waals surface area contributed by atoms with E-state index in [-0.39, 0.29) is 0 Å². The predicted molar refractivity (Wildman–Crippen MR) is 105 cm³/mol. The van der Waals surface area contributed by atoms with Crippen molar-refractivity contribution in [2.24, 2.45) is 0 Å². The first-order valence-electron chi connectivity index (χ1n) is 7.27. The molecule has 0 saturated heterocycles. The Morgan fingerprint density at radius 2 is 1.50 bits per heavy atom. The monoisotopic (exact) mass is 518 g/mol. The molecule has 1 rings (SSSR count). The Morgan fingerprint density at radius 3 is 1.95 bits per heavy atom. The molecule has 0 heterocycles. The maximum absolute atomic E-state index is 6.21. The van der Waals surface area contributed by atoms with Crippen molar-refractivity contribution in [2.75, 3.05) is 13.2 Å². The molecular formula is C15H24I2O2Si. The number of unbranched alkanes of at least 4 members (excludes halogenated alkanes) is 2. The zero-order valence-electron chi connectivity index (χ0n) is 12.5. The Hall–Kier alpha value is 0.817. The Bertz CT molecular complexity index is 403. The van der Waals surface area contributed by atoms with Crippen LogP contribution in [0.1, 0.15) is 39.5 Å². The third-order valence-corrected chi connectivity index (χ3v) is 8.93. The van der Waals surface area contributed by atoms with Gasteiger partial charge in [0.25, 0.3) is 0 Å². The first kappa shape index (κ1) is 18.9.